The van der Waals surface area contributed by atoms with E-state index in [-0.39, 0.29) is 18.9 Å². The van der Waals surface area contributed by atoms with Gasteiger partial charge in [-0.3, -0.25) is 11.3 Å². The second kappa shape index (κ2) is 3.78. The van der Waals surface area contributed by atoms with Crippen LogP contribution in [0.3, 0.4) is 0 Å². The zero-order valence-corrected chi connectivity index (χ0v) is 6.50. The van der Waals surface area contributed by atoms with Gasteiger partial charge in [0, 0.05) is 6.04 Å². The standard InChI is InChI=1S/C7H11F2N3/c8-6-1-4(12-11)2-7(9)5(6)3-10/h4-7,12H,1-2,11H2. The average Bonchev–Trinajstić information content (AvgIpc) is 2.03. The van der Waals surface area contributed by atoms with Gasteiger partial charge in [0.1, 0.15) is 18.3 Å². The molecule has 1 rings (SSSR count). The summed E-state index contributed by atoms with van der Waals surface area (Å²) in [5.41, 5.74) is 2.32. The van der Waals surface area contributed by atoms with Crippen molar-refractivity contribution in [3.8, 4) is 6.07 Å². The van der Waals surface area contributed by atoms with E-state index in [9.17, 15) is 8.78 Å². The molecule has 12 heavy (non-hydrogen) atoms. The normalized spacial score (nSPS) is 42.2. The summed E-state index contributed by atoms with van der Waals surface area (Å²) in [4.78, 5) is 0. The van der Waals surface area contributed by atoms with Crippen LogP contribution in [-0.4, -0.2) is 18.4 Å². The lowest BCUT2D eigenvalue weighted by molar-refractivity contribution is 0.0880. The van der Waals surface area contributed by atoms with Crippen LogP contribution in [0.1, 0.15) is 12.8 Å². The second-order valence-corrected chi connectivity index (χ2v) is 3.02. The van der Waals surface area contributed by atoms with Gasteiger partial charge in [-0.2, -0.15) is 5.26 Å². The molecule has 0 aromatic heterocycles. The average molecular weight is 175 g/mol. The van der Waals surface area contributed by atoms with E-state index < -0.39 is 18.3 Å². The van der Waals surface area contributed by atoms with Crippen LogP contribution in [0.4, 0.5) is 8.78 Å². The van der Waals surface area contributed by atoms with Crippen LogP contribution in [0.15, 0.2) is 0 Å². The van der Waals surface area contributed by atoms with Crippen molar-refractivity contribution in [3.63, 3.8) is 0 Å². The third kappa shape index (κ3) is 1.71. The fraction of sp³-hybridized carbons (Fsp3) is 0.857. The predicted octanol–water partition coefficient (Wildman–Crippen LogP) is 0.428. The predicted molar refractivity (Wildman–Crippen MR) is 39.2 cm³/mol. The van der Waals surface area contributed by atoms with Crippen molar-refractivity contribution in [1.82, 2.24) is 5.43 Å². The maximum Gasteiger partial charge on any atom is 0.120 e. The van der Waals surface area contributed by atoms with E-state index in [4.69, 9.17) is 11.1 Å². The van der Waals surface area contributed by atoms with E-state index in [1.54, 1.807) is 6.07 Å². The molecule has 0 aromatic rings. The third-order valence-electron chi connectivity index (χ3n) is 2.18. The minimum atomic E-state index is -1.40. The number of halogens is 2. The smallest absolute Gasteiger partial charge is 0.120 e. The summed E-state index contributed by atoms with van der Waals surface area (Å²) in [6, 6.07) is 1.28. The third-order valence-corrected chi connectivity index (χ3v) is 2.18. The van der Waals surface area contributed by atoms with Crippen molar-refractivity contribution in [2.24, 2.45) is 11.8 Å². The molecule has 0 amide bonds. The van der Waals surface area contributed by atoms with Crippen LogP contribution < -0.4 is 11.3 Å². The van der Waals surface area contributed by atoms with E-state index in [0.29, 0.717) is 0 Å². The number of rotatable bonds is 1. The van der Waals surface area contributed by atoms with Gasteiger partial charge in [-0.05, 0) is 12.8 Å². The minimum Gasteiger partial charge on any atom is -0.271 e. The summed E-state index contributed by atoms with van der Waals surface area (Å²) in [5, 5.41) is 8.41. The Morgan fingerprint density at radius 3 is 2.17 bits per heavy atom. The van der Waals surface area contributed by atoms with Crippen molar-refractivity contribution < 1.29 is 8.78 Å². The molecule has 1 fully saturated rings. The summed E-state index contributed by atoms with van der Waals surface area (Å²) in [6.45, 7) is 0. The topological polar surface area (TPSA) is 61.8 Å². The fourth-order valence-electron chi connectivity index (χ4n) is 1.46. The molecule has 2 unspecified atom stereocenters. The van der Waals surface area contributed by atoms with Crippen LogP contribution in [0.5, 0.6) is 0 Å². The van der Waals surface area contributed by atoms with Gasteiger partial charge in [-0.25, -0.2) is 8.78 Å². The van der Waals surface area contributed by atoms with Crippen molar-refractivity contribution in [2.75, 3.05) is 0 Å². The van der Waals surface area contributed by atoms with E-state index in [1.807, 2.05) is 0 Å². The first-order valence-corrected chi connectivity index (χ1v) is 3.83. The maximum atomic E-state index is 13.0. The van der Waals surface area contributed by atoms with Gasteiger partial charge < -0.3 is 0 Å². The Balaban J connectivity index is 2.58. The van der Waals surface area contributed by atoms with Gasteiger partial charge >= 0.3 is 0 Å². The van der Waals surface area contributed by atoms with E-state index >= 15 is 0 Å². The lowest BCUT2D eigenvalue weighted by atomic mass is 9.84. The van der Waals surface area contributed by atoms with Gasteiger partial charge in [-0.15, -0.1) is 0 Å². The molecular weight excluding hydrogens is 164 g/mol. The monoisotopic (exact) mass is 175 g/mol. The highest BCUT2D eigenvalue weighted by molar-refractivity contribution is 4.99. The quantitative estimate of drug-likeness (QED) is 0.448. The van der Waals surface area contributed by atoms with Gasteiger partial charge in [0.2, 0.25) is 0 Å². The number of alkyl halides is 2. The molecule has 3 N–H and O–H groups in total. The highest BCUT2D eigenvalue weighted by Crippen LogP contribution is 2.29. The molecule has 0 spiro atoms. The summed E-state index contributed by atoms with van der Waals surface area (Å²) in [7, 11) is 0. The van der Waals surface area contributed by atoms with E-state index in [0.717, 1.165) is 0 Å². The molecule has 1 aliphatic rings. The molecular formula is C7H11F2N3. The highest BCUT2D eigenvalue weighted by Gasteiger charge is 2.38. The molecule has 5 heteroatoms. The number of hydrogen-bond donors (Lipinski definition) is 2. The maximum absolute atomic E-state index is 13.0. The van der Waals surface area contributed by atoms with Gasteiger partial charge in [-0.1, -0.05) is 0 Å². The summed E-state index contributed by atoms with van der Waals surface area (Å²) < 4.78 is 26.0. The van der Waals surface area contributed by atoms with Crippen LogP contribution in [0, 0.1) is 17.2 Å². The molecule has 0 aliphatic heterocycles. The molecule has 1 aliphatic carbocycles. The Kier molecular flexibility index (Phi) is 2.95. The number of nitrogens with zero attached hydrogens (tertiary/aromatic N) is 1. The number of nitriles is 1. The van der Waals surface area contributed by atoms with Crippen LogP contribution >= 0.6 is 0 Å². The van der Waals surface area contributed by atoms with E-state index in [2.05, 4.69) is 5.43 Å². The van der Waals surface area contributed by atoms with Crippen LogP contribution in [0.2, 0.25) is 0 Å². The SMILES string of the molecule is N#CC1C(F)CC(NN)CC1F. The van der Waals surface area contributed by atoms with Crippen molar-refractivity contribution in [1.29, 1.82) is 5.26 Å². The minimum absolute atomic E-state index is 0.120. The molecule has 0 radical (unpaired) electrons. The van der Waals surface area contributed by atoms with Crippen LogP contribution in [0.25, 0.3) is 0 Å². The Hall–Kier alpha value is -0.730. The Bertz CT molecular complexity index is 180. The molecule has 2 atom stereocenters. The first kappa shape index (κ1) is 9.36. The molecule has 3 nitrogen and oxygen atoms in total. The number of hydrazine groups is 1. The van der Waals surface area contributed by atoms with E-state index in [1.165, 1.54) is 0 Å². The molecule has 0 heterocycles. The van der Waals surface area contributed by atoms with Crippen LogP contribution in [-0.2, 0) is 0 Å². The van der Waals surface area contributed by atoms with Crippen molar-refractivity contribution in [3.05, 3.63) is 0 Å². The molecule has 0 bridgehead atoms. The number of nitrogens with two attached hydrogens (primary N) is 1. The lowest BCUT2D eigenvalue weighted by Crippen LogP contribution is -2.46. The van der Waals surface area contributed by atoms with Crippen molar-refractivity contribution >= 4 is 0 Å². The lowest BCUT2D eigenvalue weighted by Gasteiger charge is -2.30. The fourth-order valence-corrected chi connectivity index (χ4v) is 1.46. The van der Waals surface area contributed by atoms with Gasteiger partial charge in [0.25, 0.3) is 0 Å². The molecule has 0 saturated heterocycles. The molecule has 1 saturated carbocycles. The Morgan fingerprint density at radius 1 is 1.33 bits per heavy atom. The Labute approximate surface area is 69.5 Å². The number of nitrogens with one attached hydrogen (secondary N) is 1. The summed E-state index contributed by atoms with van der Waals surface area (Å²) in [5.74, 6) is 3.93. The summed E-state index contributed by atoms with van der Waals surface area (Å²) >= 11 is 0. The first-order valence-electron chi connectivity index (χ1n) is 3.83. The molecule has 0 aromatic carbocycles. The Morgan fingerprint density at radius 2 is 1.83 bits per heavy atom. The summed E-state index contributed by atoms with van der Waals surface area (Å²) in [6.07, 6.45) is -2.57. The zero-order valence-electron chi connectivity index (χ0n) is 6.50. The zero-order chi connectivity index (χ0) is 9.14. The largest absolute Gasteiger partial charge is 0.271 e. The van der Waals surface area contributed by atoms with Gasteiger partial charge in [0.15, 0.2) is 0 Å². The first-order chi connectivity index (χ1) is 5.69. The molecule has 68 valence electrons. The number of hydrogen-bond acceptors (Lipinski definition) is 3. The van der Waals surface area contributed by atoms with Crippen molar-refractivity contribution in [2.45, 2.75) is 31.2 Å². The highest BCUT2D eigenvalue weighted by atomic mass is 19.1. The van der Waals surface area contributed by atoms with Gasteiger partial charge in [0.05, 0.1) is 6.07 Å². The second-order valence-electron chi connectivity index (χ2n) is 3.02.